The van der Waals surface area contributed by atoms with E-state index in [1.165, 1.54) is 23.7 Å². The van der Waals surface area contributed by atoms with E-state index in [9.17, 15) is 19.2 Å². The highest BCUT2D eigenvalue weighted by molar-refractivity contribution is 7.13. The number of nitrogens with two attached hydrogens (primary N) is 3. The van der Waals surface area contributed by atoms with Gasteiger partial charge in [-0.1, -0.05) is 96.6 Å². The molecule has 1 heterocycles. The van der Waals surface area contributed by atoms with Gasteiger partial charge < -0.3 is 32.0 Å². The Hall–Kier alpha value is -5.80. The molecule has 1 aromatic heterocycles. The highest BCUT2D eigenvalue weighted by atomic mass is 32.1. The van der Waals surface area contributed by atoms with Crippen molar-refractivity contribution in [2.45, 2.75) is 51.0 Å². The van der Waals surface area contributed by atoms with Gasteiger partial charge in [-0.25, -0.2) is 4.79 Å². The first-order valence-corrected chi connectivity index (χ1v) is 18.4. The van der Waals surface area contributed by atoms with Crippen LogP contribution in [0.4, 0.5) is 10.8 Å². The lowest BCUT2D eigenvalue weighted by Gasteiger charge is -2.26. The van der Waals surface area contributed by atoms with Crippen LogP contribution in [0.15, 0.2) is 109 Å². The first kappa shape index (κ1) is 39.4. The molecular weight excluding hydrogens is 707 g/mol. The summed E-state index contributed by atoms with van der Waals surface area (Å²) in [5.74, 6) is -2.03. The van der Waals surface area contributed by atoms with Crippen LogP contribution in [0, 0.1) is 0 Å². The Morgan fingerprint density at radius 3 is 2.11 bits per heavy atom. The third-order valence-corrected chi connectivity index (χ3v) is 9.15. The number of carbonyl (C=O) groups excluding carboxylic acids is 4. The molecule has 13 nitrogen and oxygen atoms in total. The minimum Gasteiger partial charge on any atom is -0.489 e. The molecule has 0 radical (unpaired) electrons. The van der Waals surface area contributed by atoms with Gasteiger partial charge in [-0.2, -0.15) is 0 Å². The highest BCUT2D eigenvalue weighted by Gasteiger charge is 2.34. The smallest absolute Gasteiger partial charge is 0.339 e. The van der Waals surface area contributed by atoms with Gasteiger partial charge in [-0.15, -0.1) is 10.2 Å². The largest absolute Gasteiger partial charge is 0.489 e. The van der Waals surface area contributed by atoms with E-state index in [-0.39, 0.29) is 35.0 Å². The number of nitrogens with zero attached hydrogens (tertiary/aromatic N) is 3. The van der Waals surface area contributed by atoms with Crippen molar-refractivity contribution < 1.29 is 28.7 Å². The summed E-state index contributed by atoms with van der Waals surface area (Å²) >= 11 is 1.04. The number of unbranched alkanes of at least 4 members (excludes halogenated alkanes) is 1. The summed E-state index contributed by atoms with van der Waals surface area (Å²) in [6.07, 6.45) is 1.66. The third-order valence-electron chi connectivity index (χ3n) is 8.48. The Kier molecular flexibility index (Phi) is 14.5. The first-order valence-electron chi connectivity index (χ1n) is 17.5. The fraction of sp³-hybridized carbons (Fsp3) is 0.250. The second-order valence-electron chi connectivity index (χ2n) is 12.4. The maximum atomic E-state index is 15.0. The van der Waals surface area contributed by atoms with Crippen molar-refractivity contribution in [1.82, 2.24) is 15.5 Å². The van der Waals surface area contributed by atoms with Crippen LogP contribution in [0.1, 0.15) is 56.7 Å². The summed E-state index contributed by atoms with van der Waals surface area (Å²) in [6, 6.07) is 28.2. The van der Waals surface area contributed by atoms with Gasteiger partial charge in [0.1, 0.15) is 24.5 Å². The van der Waals surface area contributed by atoms with Gasteiger partial charge >= 0.3 is 5.97 Å². The Balaban J connectivity index is 1.53. The molecule has 7 N–H and O–H groups in total. The first-order chi connectivity index (χ1) is 26.3. The lowest BCUT2D eigenvalue weighted by atomic mass is 9.92. The quantitative estimate of drug-likeness (QED) is 0.0527. The summed E-state index contributed by atoms with van der Waals surface area (Å²) in [4.78, 5) is 57.0. The number of ketones is 1. The van der Waals surface area contributed by atoms with Gasteiger partial charge in [0, 0.05) is 6.42 Å². The number of esters is 1. The van der Waals surface area contributed by atoms with Crippen LogP contribution in [-0.2, 0) is 34.0 Å². The van der Waals surface area contributed by atoms with Crippen LogP contribution in [0.25, 0.3) is 0 Å². The van der Waals surface area contributed by atoms with E-state index in [1.807, 2.05) is 48.5 Å². The Morgan fingerprint density at radius 2 is 1.48 bits per heavy atom. The fourth-order valence-corrected chi connectivity index (χ4v) is 6.25. The predicted molar refractivity (Wildman–Crippen MR) is 206 cm³/mol. The number of hydrogen-bond acceptors (Lipinski definition) is 12. The Morgan fingerprint density at radius 1 is 0.796 bits per heavy atom. The maximum absolute atomic E-state index is 15.0. The van der Waals surface area contributed by atoms with E-state index in [4.69, 9.17) is 26.7 Å². The zero-order valence-electron chi connectivity index (χ0n) is 29.6. The van der Waals surface area contributed by atoms with Crippen molar-refractivity contribution >= 4 is 45.7 Å². The second-order valence-corrected chi connectivity index (χ2v) is 13.2. The molecule has 0 unspecified atom stereocenters. The molecule has 5 rings (SSSR count). The lowest BCUT2D eigenvalue weighted by molar-refractivity contribution is -0.123. The summed E-state index contributed by atoms with van der Waals surface area (Å²) in [6.45, 7) is 0.307. The number of hydrogen-bond donors (Lipinski definition) is 4. The number of amides is 2. The van der Waals surface area contributed by atoms with Crippen molar-refractivity contribution in [3.05, 3.63) is 136 Å². The zero-order valence-corrected chi connectivity index (χ0v) is 30.5. The molecule has 0 aliphatic heterocycles. The van der Waals surface area contributed by atoms with E-state index in [0.717, 1.165) is 27.4 Å². The number of anilines is 2. The maximum Gasteiger partial charge on any atom is 0.339 e. The van der Waals surface area contributed by atoms with E-state index < -0.39 is 42.2 Å². The normalized spacial score (nSPS) is 12.0. The Bertz CT molecular complexity index is 1980. The lowest BCUT2D eigenvalue weighted by Crippen LogP contribution is -2.50. The molecule has 0 fully saturated rings. The summed E-state index contributed by atoms with van der Waals surface area (Å²) in [5.41, 5.74) is 21.3. The van der Waals surface area contributed by atoms with Gasteiger partial charge in [0.25, 0.3) is 0 Å². The molecule has 54 heavy (non-hydrogen) atoms. The number of Topliss-reactive ketones (excluding diaryl/α,β-unsaturated/α-hetero) is 1. The molecule has 0 aliphatic carbocycles. The molecule has 280 valence electrons. The van der Waals surface area contributed by atoms with Crippen molar-refractivity contribution in [3.8, 4) is 5.75 Å². The minimum absolute atomic E-state index is 0.00946. The number of benzene rings is 4. The molecule has 0 saturated carbocycles. The van der Waals surface area contributed by atoms with Crippen LogP contribution < -0.4 is 32.2 Å². The van der Waals surface area contributed by atoms with Crippen molar-refractivity contribution in [2.75, 3.05) is 18.0 Å². The molecule has 2 atom stereocenters. The predicted octanol–water partition coefficient (Wildman–Crippen LogP) is 4.46. The average Bonchev–Trinajstić information content (AvgIpc) is 3.74. The summed E-state index contributed by atoms with van der Waals surface area (Å²) in [7, 11) is 0. The van der Waals surface area contributed by atoms with Crippen molar-refractivity contribution in [1.29, 1.82) is 0 Å². The fourth-order valence-electron chi connectivity index (χ4n) is 5.66. The van der Waals surface area contributed by atoms with Crippen molar-refractivity contribution in [3.63, 3.8) is 0 Å². The number of rotatable bonds is 19. The molecule has 5 aromatic rings. The van der Waals surface area contributed by atoms with Crippen LogP contribution in [0.5, 0.6) is 5.75 Å². The van der Waals surface area contributed by atoms with Crippen LogP contribution in [0.3, 0.4) is 0 Å². The summed E-state index contributed by atoms with van der Waals surface area (Å²) in [5, 5.41) is 10.9. The van der Waals surface area contributed by atoms with Gasteiger partial charge in [0.05, 0.1) is 35.4 Å². The van der Waals surface area contributed by atoms with Crippen LogP contribution in [-0.4, -0.2) is 58.9 Å². The number of aromatic nitrogens is 2. The van der Waals surface area contributed by atoms with E-state index >= 15 is 0 Å². The van der Waals surface area contributed by atoms with Crippen LogP contribution >= 0.6 is 11.3 Å². The van der Waals surface area contributed by atoms with Crippen molar-refractivity contribution in [2.24, 2.45) is 17.2 Å². The third kappa shape index (κ3) is 10.6. The molecule has 0 saturated heterocycles. The molecule has 0 spiro atoms. The van der Waals surface area contributed by atoms with Gasteiger partial charge in [-0.3, -0.25) is 19.3 Å². The molecule has 4 aromatic carbocycles. The number of nitrogens with one attached hydrogen (secondary N) is 1. The average molecular weight is 750 g/mol. The standard InChI is InChI=1S/C40H43N7O6S/c41-21-8-7-15-32(43)38(50)45-33(22-27-17-19-30(20-18-27)52-24-28-10-3-1-4-11-28)37(49)36-31(39(51)53-25-29-12-5-2-6-13-29)14-9-16-34(36)47(35(48)23-42)40-46-44-26-54-40/h1-6,9-14,16-20,26,32-33H,7-8,15,21-25,41-43H2,(H,45,50)/t32-,33-/m0/s1. The topological polar surface area (TPSA) is 206 Å². The van der Waals surface area contributed by atoms with Crippen LogP contribution in [0.2, 0.25) is 0 Å². The van der Waals surface area contributed by atoms with E-state index in [2.05, 4.69) is 15.5 Å². The molecule has 14 heteroatoms. The van der Waals surface area contributed by atoms with Gasteiger partial charge in [0.2, 0.25) is 16.9 Å². The van der Waals surface area contributed by atoms with Gasteiger partial charge in [-0.05, 0) is 60.3 Å². The number of carbonyl (C=O) groups is 4. The molecule has 0 aliphatic rings. The molecule has 2 amide bonds. The molecule has 0 bridgehead atoms. The monoisotopic (exact) mass is 749 g/mol. The zero-order chi connectivity index (χ0) is 38.3. The van der Waals surface area contributed by atoms with E-state index in [1.54, 1.807) is 36.4 Å². The van der Waals surface area contributed by atoms with Gasteiger partial charge in [0.15, 0.2) is 5.78 Å². The SMILES string of the molecule is NCCCC[C@H](N)C(=O)N[C@@H](Cc1ccc(OCc2ccccc2)cc1)C(=O)c1c(C(=O)OCc2ccccc2)cccc1N(C(=O)CN)c1nncs1. The second kappa shape index (κ2) is 19.9. The van der Waals surface area contributed by atoms with E-state index in [0.29, 0.717) is 43.7 Å². The molecular formula is C40H43N7O6S. The highest BCUT2D eigenvalue weighted by Crippen LogP contribution is 2.33. The minimum atomic E-state index is -1.24. The number of ether oxygens (including phenoxy) is 2. The Labute approximate surface area is 317 Å². The summed E-state index contributed by atoms with van der Waals surface area (Å²) < 4.78 is 11.6.